The van der Waals surface area contributed by atoms with E-state index in [2.05, 4.69) is 25.7 Å². The highest BCUT2D eigenvalue weighted by Crippen LogP contribution is 2.20. The van der Waals surface area contributed by atoms with E-state index in [4.69, 9.17) is 5.73 Å². The van der Waals surface area contributed by atoms with E-state index in [9.17, 15) is 4.79 Å². The molecule has 0 saturated heterocycles. The van der Waals surface area contributed by atoms with Gasteiger partial charge in [-0.05, 0) is 38.6 Å². The highest BCUT2D eigenvalue weighted by molar-refractivity contribution is 5.78. The van der Waals surface area contributed by atoms with Crippen molar-refractivity contribution in [3.05, 3.63) is 0 Å². The molecule has 1 atom stereocenters. The third kappa shape index (κ3) is 11.9. The van der Waals surface area contributed by atoms with Crippen molar-refractivity contribution >= 4 is 5.91 Å². The lowest BCUT2D eigenvalue weighted by Crippen LogP contribution is -2.38. The third-order valence-corrected chi connectivity index (χ3v) is 4.89. The average Bonchev–Trinajstić information content (AvgIpc) is 2.60. The largest absolute Gasteiger partial charge is 0.342 e. The van der Waals surface area contributed by atoms with Gasteiger partial charge in [-0.2, -0.15) is 0 Å². The van der Waals surface area contributed by atoms with Crippen LogP contribution >= 0.6 is 0 Å². The van der Waals surface area contributed by atoms with Gasteiger partial charge in [0.1, 0.15) is 0 Å². The van der Waals surface area contributed by atoms with E-state index in [1.807, 2.05) is 0 Å². The van der Waals surface area contributed by atoms with Crippen molar-refractivity contribution < 1.29 is 4.79 Å². The Balaban J connectivity index is 4.44. The molecule has 24 heavy (non-hydrogen) atoms. The van der Waals surface area contributed by atoms with Crippen LogP contribution in [-0.2, 0) is 4.79 Å². The van der Waals surface area contributed by atoms with E-state index in [1.165, 1.54) is 38.5 Å². The lowest BCUT2D eigenvalue weighted by molar-refractivity contribution is -0.136. The minimum Gasteiger partial charge on any atom is -0.342 e. The van der Waals surface area contributed by atoms with Gasteiger partial charge in [-0.3, -0.25) is 4.79 Å². The highest BCUT2D eigenvalue weighted by atomic mass is 16.2. The van der Waals surface area contributed by atoms with Gasteiger partial charge >= 0.3 is 0 Å². The summed E-state index contributed by atoms with van der Waals surface area (Å²) in [6.07, 6.45) is 15.3. The summed E-state index contributed by atoms with van der Waals surface area (Å²) in [6.45, 7) is 9.22. The molecule has 3 heteroatoms. The Morgan fingerprint density at radius 1 is 0.750 bits per heavy atom. The summed E-state index contributed by atoms with van der Waals surface area (Å²) in [7, 11) is 0. The molecule has 1 amide bonds. The van der Waals surface area contributed by atoms with Crippen LogP contribution in [-0.4, -0.2) is 30.4 Å². The molecule has 0 spiro atoms. The Labute approximate surface area is 151 Å². The van der Waals surface area contributed by atoms with Crippen LogP contribution in [0.5, 0.6) is 0 Å². The summed E-state index contributed by atoms with van der Waals surface area (Å²) >= 11 is 0. The molecule has 0 fully saturated rings. The molecule has 0 aromatic rings. The van der Waals surface area contributed by atoms with Gasteiger partial charge in [-0.15, -0.1) is 0 Å². The van der Waals surface area contributed by atoms with Crippen molar-refractivity contribution in [3.8, 4) is 0 Å². The summed E-state index contributed by atoms with van der Waals surface area (Å²) in [5.74, 6) is 0.604. The topological polar surface area (TPSA) is 46.3 Å². The molecule has 0 bridgehead atoms. The Hall–Kier alpha value is -0.570. The fourth-order valence-corrected chi connectivity index (χ4v) is 3.21. The van der Waals surface area contributed by atoms with Crippen molar-refractivity contribution in [2.24, 2.45) is 11.7 Å². The number of amides is 1. The molecule has 0 aromatic heterocycles. The number of hydrogen-bond donors (Lipinski definition) is 1. The first kappa shape index (κ1) is 23.4. The van der Waals surface area contributed by atoms with Crippen LogP contribution < -0.4 is 5.73 Å². The van der Waals surface area contributed by atoms with Crippen molar-refractivity contribution in [1.82, 2.24) is 4.90 Å². The molecule has 0 heterocycles. The van der Waals surface area contributed by atoms with E-state index in [0.717, 1.165) is 58.0 Å². The number of unbranched alkanes of at least 4 members (excludes halogenated alkanes) is 7. The van der Waals surface area contributed by atoms with E-state index < -0.39 is 0 Å². The molecule has 3 nitrogen and oxygen atoms in total. The average molecular weight is 341 g/mol. The number of hydrogen-bond acceptors (Lipinski definition) is 2. The van der Waals surface area contributed by atoms with Crippen LogP contribution in [0.15, 0.2) is 0 Å². The predicted molar refractivity (Wildman–Crippen MR) is 106 cm³/mol. The summed E-state index contributed by atoms with van der Waals surface area (Å²) in [6, 6.07) is 0. The minimum absolute atomic E-state index is 0.202. The smallest absolute Gasteiger partial charge is 0.225 e. The first-order valence-corrected chi connectivity index (χ1v) is 10.7. The van der Waals surface area contributed by atoms with Crippen LogP contribution in [0.3, 0.4) is 0 Å². The Bertz CT molecular complexity index is 273. The summed E-state index contributed by atoms with van der Waals surface area (Å²) < 4.78 is 0. The number of carbonyl (C=O) groups is 1. The number of nitrogens with zero attached hydrogens (tertiary/aromatic N) is 1. The second-order valence-electron chi connectivity index (χ2n) is 7.22. The predicted octanol–water partition coefficient (Wildman–Crippen LogP) is 5.52. The SMILES string of the molecule is CCCCCCCCC(CCCN)C(=O)N(CCCC)CCCC. The van der Waals surface area contributed by atoms with Gasteiger partial charge in [0.15, 0.2) is 0 Å². The molecular formula is C21H44N2O. The fraction of sp³-hybridized carbons (Fsp3) is 0.952. The van der Waals surface area contributed by atoms with Crippen LogP contribution in [0.2, 0.25) is 0 Å². The number of nitrogens with two attached hydrogens (primary N) is 1. The van der Waals surface area contributed by atoms with E-state index in [-0.39, 0.29) is 5.92 Å². The van der Waals surface area contributed by atoms with E-state index in [1.54, 1.807) is 0 Å². The minimum atomic E-state index is 0.202. The highest BCUT2D eigenvalue weighted by Gasteiger charge is 2.22. The zero-order chi connectivity index (χ0) is 18.0. The Morgan fingerprint density at radius 3 is 1.79 bits per heavy atom. The van der Waals surface area contributed by atoms with Gasteiger partial charge in [-0.25, -0.2) is 0 Å². The molecule has 0 aliphatic carbocycles. The monoisotopic (exact) mass is 340 g/mol. The van der Waals surface area contributed by atoms with Crippen LogP contribution in [0, 0.1) is 5.92 Å². The normalized spacial score (nSPS) is 12.3. The summed E-state index contributed by atoms with van der Waals surface area (Å²) in [5.41, 5.74) is 5.70. The first-order valence-electron chi connectivity index (χ1n) is 10.7. The standard InChI is InChI=1S/C21H44N2O/c1-4-7-10-11-12-13-15-20(16-14-17-22)21(24)23(18-8-5-2)19-9-6-3/h20H,4-19,22H2,1-3H3. The van der Waals surface area contributed by atoms with Gasteiger partial charge in [0.25, 0.3) is 0 Å². The van der Waals surface area contributed by atoms with Crippen molar-refractivity contribution in [2.45, 2.75) is 104 Å². The molecule has 2 N–H and O–H groups in total. The van der Waals surface area contributed by atoms with Crippen LogP contribution in [0.25, 0.3) is 0 Å². The van der Waals surface area contributed by atoms with Gasteiger partial charge in [0.2, 0.25) is 5.91 Å². The maximum Gasteiger partial charge on any atom is 0.225 e. The molecule has 0 radical (unpaired) electrons. The Morgan fingerprint density at radius 2 is 1.25 bits per heavy atom. The molecule has 0 aliphatic rings. The lowest BCUT2D eigenvalue weighted by atomic mass is 9.94. The van der Waals surface area contributed by atoms with Gasteiger partial charge in [0.05, 0.1) is 0 Å². The van der Waals surface area contributed by atoms with Crippen molar-refractivity contribution in [3.63, 3.8) is 0 Å². The molecule has 0 aliphatic heterocycles. The van der Waals surface area contributed by atoms with Crippen LogP contribution in [0.1, 0.15) is 104 Å². The van der Waals surface area contributed by atoms with Gasteiger partial charge < -0.3 is 10.6 Å². The first-order chi connectivity index (χ1) is 11.7. The maximum absolute atomic E-state index is 13.0. The zero-order valence-electron chi connectivity index (χ0n) is 16.8. The summed E-state index contributed by atoms with van der Waals surface area (Å²) in [4.78, 5) is 15.2. The molecule has 0 aromatic carbocycles. The Kier molecular flexibility index (Phi) is 16.8. The zero-order valence-corrected chi connectivity index (χ0v) is 16.8. The van der Waals surface area contributed by atoms with Gasteiger partial charge in [0, 0.05) is 19.0 Å². The summed E-state index contributed by atoms with van der Waals surface area (Å²) in [5, 5.41) is 0. The maximum atomic E-state index is 13.0. The van der Waals surface area contributed by atoms with Crippen molar-refractivity contribution in [1.29, 1.82) is 0 Å². The second kappa shape index (κ2) is 17.3. The quantitative estimate of drug-likeness (QED) is 0.354. The molecule has 144 valence electrons. The second-order valence-corrected chi connectivity index (χ2v) is 7.22. The van der Waals surface area contributed by atoms with Crippen molar-refractivity contribution in [2.75, 3.05) is 19.6 Å². The molecule has 1 unspecified atom stereocenters. The molecule has 0 rings (SSSR count). The molecular weight excluding hydrogens is 296 g/mol. The lowest BCUT2D eigenvalue weighted by Gasteiger charge is -2.27. The van der Waals surface area contributed by atoms with Gasteiger partial charge in [-0.1, -0.05) is 72.1 Å². The molecule has 0 saturated carbocycles. The number of carbonyl (C=O) groups excluding carboxylic acids is 1. The third-order valence-electron chi connectivity index (χ3n) is 4.89. The fourth-order valence-electron chi connectivity index (χ4n) is 3.21. The number of rotatable bonds is 17. The van der Waals surface area contributed by atoms with E-state index in [0.29, 0.717) is 12.5 Å². The van der Waals surface area contributed by atoms with Crippen LogP contribution in [0.4, 0.5) is 0 Å². The van der Waals surface area contributed by atoms with E-state index >= 15 is 0 Å².